The van der Waals surface area contributed by atoms with E-state index in [1.165, 1.54) is 23.1 Å². The molecule has 2 atom stereocenters. The number of rotatable bonds is 2. The Labute approximate surface area is 115 Å². The van der Waals surface area contributed by atoms with Crippen LogP contribution in [0.3, 0.4) is 0 Å². The molecule has 2 nitrogen and oxygen atoms in total. The minimum Gasteiger partial charge on any atom is -0.306 e. The molecule has 0 spiro atoms. The van der Waals surface area contributed by atoms with Crippen molar-refractivity contribution in [3.05, 3.63) is 65.5 Å². The molecule has 1 heterocycles. The first-order chi connectivity index (χ1) is 9.25. The molecule has 0 saturated carbocycles. The van der Waals surface area contributed by atoms with Gasteiger partial charge < -0.3 is 4.90 Å². The van der Waals surface area contributed by atoms with Crippen LogP contribution < -0.4 is 0 Å². The van der Waals surface area contributed by atoms with Crippen molar-refractivity contribution in [1.82, 2.24) is 9.88 Å². The molecular weight excluding hydrogens is 232 g/mol. The molecule has 0 amide bonds. The molecule has 2 unspecified atom stereocenters. The van der Waals surface area contributed by atoms with Gasteiger partial charge in [-0.2, -0.15) is 0 Å². The van der Waals surface area contributed by atoms with Crippen molar-refractivity contribution >= 4 is 0 Å². The van der Waals surface area contributed by atoms with E-state index in [1.807, 2.05) is 12.4 Å². The van der Waals surface area contributed by atoms with E-state index in [0.717, 1.165) is 6.42 Å². The molecule has 1 aromatic heterocycles. The zero-order chi connectivity index (χ0) is 13.2. The third-order valence-electron chi connectivity index (χ3n) is 4.23. The first-order valence-electron chi connectivity index (χ1n) is 6.90. The molecule has 3 rings (SSSR count). The van der Waals surface area contributed by atoms with Gasteiger partial charge >= 0.3 is 0 Å². The van der Waals surface area contributed by atoms with Gasteiger partial charge in [0.25, 0.3) is 0 Å². The maximum absolute atomic E-state index is 4.14. The molecule has 0 bridgehead atoms. The van der Waals surface area contributed by atoms with Crippen molar-refractivity contribution in [2.24, 2.45) is 0 Å². The second-order valence-corrected chi connectivity index (χ2v) is 5.59. The Morgan fingerprint density at radius 3 is 2.53 bits per heavy atom. The molecular formula is C17H20N2. The summed E-state index contributed by atoms with van der Waals surface area (Å²) in [5.41, 5.74) is 4.37. The monoisotopic (exact) mass is 252 g/mol. The van der Waals surface area contributed by atoms with Crippen LogP contribution in [-0.2, 0) is 6.42 Å². The predicted octanol–water partition coefficient (Wildman–Crippen LogP) is 3.09. The predicted molar refractivity (Wildman–Crippen MR) is 78.3 cm³/mol. The number of aromatic nitrogens is 1. The minimum absolute atomic E-state index is 0.500. The van der Waals surface area contributed by atoms with Crippen LogP contribution in [0.4, 0.5) is 0 Å². The molecule has 1 aliphatic rings. The topological polar surface area (TPSA) is 16.1 Å². The van der Waals surface area contributed by atoms with Gasteiger partial charge in [0.1, 0.15) is 0 Å². The highest BCUT2D eigenvalue weighted by Crippen LogP contribution is 2.37. The van der Waals surface area contributed by atoms with E-state index < -0.39 is 0 Å². The van der Waals surface area contributed by atoms with Crippen LogP contribution in [0.25, 0.3) is 0 Å². The number of benzene rings is 1. The normalized spacial score (nSPS) is 22.3. The number of hydrogen-bond donors (Lipinski definition) is 0. The van der Waals surface area contributed by atoms with E-state index in [2.05, 4.69) is 60.4 Å². The van der Waals surface area contributed by atoms with Crippen LogP contribution in [0.1, 0.15) is 29.0 Å². The third-order valence-corrected chi connectivity index (χ3v) is 4.23. The fourth-order valence-electron chi connectivity index (χ4n) is 3.10. The highest BCUT2D eigenvalue weighted by molar-refractivity contribution is 5.40. The molecule has 0 fully saturated rings. The summed E-state index contributed by atoms with van der Waals surface area (Å²) in [6.07, 6.45) is 6.15. The zero-order valence-corrected chi connectivity index (χ0v) is 11.6. The van der Waals surface area contributed by atoms with Crippen LogP contribution in [0.5, 0.6) is 0 Å². The van der Waals surface area contributed by atoms with Gasteiger partial charge in [0, 0.05) is 24.4 Å². The van der Waals surface area contributed by atoms with Crippen LogP contribution in [-0.4, -0.2) is 30.0 Å². The lowest BCUT2D eigenvalue weighted by Crippen LogP contribution is -2.35. The van der Waals surface area contributed by atoms with Crippen LogP contribution in [0.15, 0.2) is 48.8 Å². The van der Waals surface area contributed by atoms with E-state index in [9.17, 15) is 0 Å². The lowest BCUT2D eigenvalue weighted by atomic mass is 9.76. The second-order valence-electron chi connectivity index (χ2n) is 5.59. The largest absolute Gasteiger partial charge is 0.306 e. The van der Waals surface area contributed by atoms with Gasteiger partial charge in [-0.15, -0.1) is 0 Å². The molecule has 19 heavy (non-hydrogen) atoms. The van der Waals surface area contributed by atoms with Gasteiger partial charge in [-0.3, -0.25) is 4.98 Å². The quantitative estimate of drug-likeness (QED) is 0.816. The first-order valence-corrected chi connectivity index (χ1v) is 6.90. The summed E-state index contributed by atoms with van der Waals surface area (Å²) >= 11 is 0. The summed E-state index contributed by atoms with van der Waals surface area (Å²) in [5, 5.41) is 0. The molecule has 0 aliphatic heterocycles. The first kappa shape index (κ1) is 12.4. The van der Waals surface area contributed by atoms with Crippen molar-refractivity contribution in [1.29, 1.82) is 0 Å². The fourth-order valence-corrected chi connectivity index (χ4v) is 3.10. The van der Waals surface area contributed by atoms with Crippen LogP contribution in [0.2, 0.25) is 0 Å². The molecule has 1 aromatic carbocycles. The summed E-state index contributed by atoms with van der Waals surface area (Å²) in [4.78, 5) is 6.49. The Balaban J connectivity index is 2.03. The van der Waals surface area contributed by atoms with Gasteiger partial charge in [0.05, 0.1) is 0 Å². The van der Waals surface area contributed by atoms with Crippen molar-refractivity contribution in [2.45, 2.75) is 24.8 Å². The number of likely N-dealkylation sites (N-methyl/N-ethyl adjacent to an activating group) is 1. The lowest BCUT2D eigenvalue weighted by molar-refractivity contribution is 0.258. The van der Waals surface area contributed by atoms with E-state index in [1.54, 1.807) is 0 Å². The highest BCUT2D eigenvalue weighted by atomic mass is 15.1. The van der Waals surface area contributed by atoms with Crippen molar-refractivity contribution in [3.8, 4) is 0 Å². The number of fused-ring (bicyclic) bond motifs is 1. The molecule has 1 aliphatic carbocycles. The number of nitrogens with zero attached hydrogens (tertiary/aromatic N) is 2. The summed E-state index contributed by atoms with van der Waals surface area (Å²) in [5.74, 6) is 0.500. The summed E-state index contributed by atoms with van der Waals surface area (Å²) in [6.45, 7) is 0. The van der Waals surface area contributed by atoms with E-state index >= 15 is 0 Å². The van der Waals surface area contributed by atoms with Gasteiger partial charge in [-0.1, -0.05) is 24.3 Å². The van der Waals surface area contributed by atoms with Crippen molar-refractivity contribution in [3.63, 3.8) is 0 Å². The highest BCUT2D eigenvalue weighted by Gasteiger charge is 2.28. The van der Waals surface area contributed by atoms with E-state index in [4.69, 9.17) is 0 Å². The maximum atomic E-state index is 4.14. The van der Waals surface area contributed by atoms with Crippen molar-refractivity contribution in [2.75, 3.05) is 14.1 Å². The Kier molecular flexibility index (Phi) is 3.34. The Bertz CT molecular complexity index is 548. The van der Waals surface area contributed by atoms with Crippen LogP contribution >= 0.6 is 0 Å². The van der Waals surface area contributed by atoms with E-state index in [0.29, 0.717) is 12.0 Å². The molecule has 0 radical (unpaired) electrons. The molecule has 0 N–H and O–H groups in total. The average molecular weight is 252 g/mol. The maximum Gasteiger partial charge on any atom is 0.0270 e. The Morgan fingerprint density at radius 1 is 1.05 bits per heavy atom. The molecule has 0 saturated heterocycles. The molecule has 2 aromatic rings. The average Bonchev–Trinajstić information content (AvgIpc) is 2.47. The molecule has 2 heteroatoms. The van der Waals surface area contributed by atoms with Gasteiger partial charge in [-0.25, -0.2) is 0 Å². The Hall–Kier alpha value is -1.67. The van der Waals surface area contributed by atoms with Crippen molar-refractivity contribution < 1.29 is 0 Å². The third kappa shape index (κ3) is 2.41. The van der Waals surface area contributed by atoms with Crippen LogP contribution in [0, 0.1) is 0 Å². The smallest absolute Gasteiger partial charge is 0.0270 e. The number of pyridine rings is 1. The Morgan fingerprint density at radius 2 is 1.79 bits per heavy atom. The summed E-state index contributed by atoms with van der Waals surface area (Å²) in [7, 11) is 4.37. The van der Waals surface area contributed by atoms with Gasteiger partial charge in [0.2, 0.25) is 0 Å². The summed E-state index contributed by atoms with van der Waals surface area (Å²) in [6, 6.07) is 13.8. The second kappa shape index (κ2) is 5.14. The van der Waals surface area contributed by atoms with E-state index in [-0.39, 0.29) is 0 Å². The standard InChI is InChI=1S/C17H20N2/c1-19(2)15-11-14-5-3-4-6-16(14)17(12-15)13-7-9-18-10-8-13/h3-10,15,17H,11-12H2,1-2H3. The van der Waals surface area contributed by atoms with Gasteiger partial charge in [-0.05, 0) is 55.8 Å². The van der Waals surface area contributed by atoms with Gasteiger partial charge in [0.15, 0.2) is 0 Å². The zero-order valence-electron chi connectivity index (χ0n) is 11.6. The fraction of sp³-hybridized carbons (Fsp3) is 0.353. The summed E-state index contributed by atoms with van der Waals surface area (Å²) < 4.78 is 0. The minimum atomic E-state index is 0.500. The SMILES string of the molecule is CN(C)C1Cc2ccccc2C(c2ccncc2)C1. The number of hydrogen-bond acceptors (Lipinski definition) is 2. The molecule has 98 valence electrons. The lowest BCUT2D eigenvalue weighted by Gasteiger charge is -2.35.